The number of thioether (sulfide) groups is 1. The summed E-state index contributed by atoms with van der Waals surface area (Å²) < 4.78 is 0. The van der Waals surface area contributed by atoms with Crippen molar-refractivity contribution in [1.29, 1.82) is 0 Å². The van der Waals surface area contributed by atoms with Crippen LogP contribution < -0.4 is 11.5 Å². The van der Waals surface area contributed by atoms with Crippen molar-refractivity contribution >= 4 is 23.1 Å². The van der Waals surface area contributed by atoms with Crippen LogP contribution in [0.2, 0.25) is 0 Å². The number of aromatic nitrogens is 1. The summed E-state index contributed by atoms with van der Waals surface area (Å²) in [6, 6.07) is 1.66. The van der Waals surface area contributed by atoms with Gasteiger partial charge in [-0.1, -0.05) is 18.7 Å². The third kappa shape index (κ3) is 2.50. The number of rotatable bonds is 3. The zero-order valence-corrected chi connectivity index (χ0v) is 8.21. The number of aliphatic hydroxyl groups is 1. The molecule has 0 bridgehead atoms. The van der Waals surface area contributed by atoms with Gasteiger partial charge < -0.3 is 16.6 Å². The van der Waals surface area contributed by atoms with Crippen LogP contribution in [0.1, 0.15) is 6.92 Å². The van der Waals surface area contributed by atoms with E-state index in [-0.39, 0.29) is 11.9 Å². The number of aliphatic hydroxyl groups excluding tert-OH is 1. The van der Waals surface area contributed by atoms with Gasteiger partial charge >= 0.3 is 0 Å². The van der Waals surface area contributed by atoms with Gasteiger partial charge in [0, 0.05) is 11.4 Å². The van der Waals surface area contributed by atoms with Gasteiger partial charge in [0.25, 0.3) is 0 Å². The summed E-state index contributed by atoms with van der Waals surface area (Å²) in [6.07, 6.45) is 1.61. The van der Waals surface area contributed by atoms with Gasteiger partial charge in [-0.25, -0.2) is 4.98 Å². The fraction of sp³-hybridized carbons (Fsp3) is 0.375. The zero-order valence-electron chi connectivity index (χ0n) is 7.40. The Bertz CT molecular complexity index is 293. The van der Waals surface area contributed by atoms with Gasteiger partial charge in [0.05, 0.1) is 18.0 Å². The predicted octanol–water partition coefficient (Wildman–Crippen LogP) is 0.719. The van der Waals surface area contributed by atoms with Crippen molar-refractivity contribution in [3.05, 3.63) is 12.3 Å². The largest absolute Gasteiger partial charge is 0.397 e. The second kappa shape index (κ2) is 4.34. The first kappa shape index (κ1) is 10.1. The number of nitrogens with two attached hydrogens (primary N) is 2. The van der Waals surface area contributed by atoms with Gasteiger partial charge in [-0.2, -0.15) is 0 Å². The minimum atomic E-state index is 0.0802. The monoisotopic (exact) mass is 199 g/mol. The number of hydrogen-bond acceptors (Lipinski definition) is 5. The molecule has 0 saturated carbocycles. The van der Waals surface area contributed by atoms with Crippen molar-refractivity contribution < 1.29 is 5.11 Å². The highest BCUT2D eigenvalue weighted by atomic mass is 32.2. The summed E-state index contributed by atoms with van der Waals surface area (Å²) in [7, 11) is 0. The molecule has 1 unspecified atom stereocenters. The summed E-state index contributed by atoms with van der Waals surface area (Å²) >= 11 is 1.42. The third-order valence-electron chi connectivity index (χ3n) is 1.56. The van der Waals surface area contributed by atoms with Gasteiger partial charge in [-0.3, -0.25) is 0 Å². The summed E-state index contributed by atoms with van der Waals surface area (Å²) in [5, 5.41) is 9.60. The summed E-state index contributed by atoms with van der Waals surface area (Å²) in [4.78, 5) is 4.07. The van der Waals surface area contributed by atoms with Crippen molar-refractivity contribution in [3.8, 4) is 0 Å². The van der Waals surface area contributed by atoms with Crippen molar-refractivity contribution in [3.63, 3.8) is 0 Å². The number of hydrogen-bond donors (Lipinski definition) is 3. The topological polar surface area (TPSA) is 85.2 Å². The van der Waals surface area contributed by atoms with Crippen LogP contribution in [0.4, 0.5) is 11.4 Å². The van der Waals surface area contributed by atoms with Crippen molar-refractivity contribution in [1.82, 2.24) is 4.98 Å². The highest BCUT2D eigenvalue weighted by molar-refractivity contribution is 8.00. The molecule has 0 aliphatic rings. The van der Waals surface area contributed by atoms with Crippen LogP contribution in [-0.2, 0) is 0 Å². The van der Waals surface area contributed by atoms with Crippen molar-refractivity contribution in [2.75, 3.05) is 18.1 Å². The fourth-order valence-electron chi connectivity index (χ4n) is 0.790. The lowest BCUT2D eigenvalue weighted by Crippen LogP contribution is -2.05. The van der Waals surface area contributed by atoms with E-state index in [2.05, 4.69) is 4.98 Å². The lowest BCUT2D eigenvalue weighted by molar-refractivity contribution is 0.300. The van der Waals surface area contributed by atoms with E-state index < -0.39 is 0 Å². The molecule has 13 heavy (non-hydrogen) atoms. The van der Waals surface area contributed by atoms with Crippen LogP contribution in [0.25, 0.3) is 0 Å². The Balaban J connectivity index is 2.83. The van der Waals surface area contributed by atoms with Crippen LogP contribution >= 0.6 is 11.8 Å². The summed E-state index contributed by atoms with van der Waals surface area (Å²) in [5.74, 6) is 0. The molecule has 1 aromatic heterocycles. The number of pyridine rings is 1. The van der Waals surface area contributed by atoms with Crippen LogP contribution in [0.15, 0.2) is 17.3 Å². The zero-order chi connectivity index (χ0) is 9.84. The quantitative estimate of drug-likeness (QED) is 0.624. The normalized spacial score (nSPS) is 12.8. The first-order valence-corrected chi connectivity index (χ1v) is 4.80. The van der Waals surface area contributed by atoms with Gasteiger partial charge in [-0.15, -0.1) is 0 Å². The fourth-order valence-corrected chi connectivity index (χ4v) is 1.61. The molecule has 0 spiro atoms. The lowest BCUT2D eigenvalue weighted by atomic mass is 10.4. The average molecular weight is 199 g/mol. The molecule has 1 atom stereocenters. The molecule has 0 aliphatic carbocycles. The van der Waals surface area contributed by atoms with Crippen LogP contribution in [0.5, 0.6) is 0 Å². The van der Waals surface area contributed by atoms with E-state index in [9.17, 15) is 0 Å². The molecule has 0 aliphatic heterocycles. The van der Waals surface area contributed by atoms with Gasteiger partial charge in [0.1, 0.15) is 5.03 Å². The van der Waals surface area contributed by atoms with E-state index in [1.807, 2.05) is 6.92 Å². The summed E-state index contributed by atoms with van der Waals surface area (Å²) in [5.41, 5.74) is 12.3. The van der Waals surface area contributed by atoms with E-state index in [1.54, 1.807) is 12.3 Å². The molecule has 1 heterocycles. The maximum atomic E-state index is 8.84. The Labute approximate surface area is 81.3 Å². The highest BCUT2D eigenvalue weighted by Gasteiger charge is 2.08. The van der Waals surface area contributed by atoms with E-state index in [4.69, 9.17) is 16.6 Å². The Kier molecular flexibility index (Phi) is 3.39. The van der Waals surface area contributed by atoms with E-state index in [0.717, 1.165) is 0 Å². The molecule has 0 amide bonds. The van der Waals surface area contributed by atoms with E-state index >= 15 is 0 Å². The van der Waals surface area contributed by atoms with Crippen LogP contribution in [-0.4, -0.2) is 21.9 Å². The van der Waals surface area contributed by atoms with E-state index in [0.29, 0.717) is 16.4 Å². The van der Waals surface area contributed by atoms with Crippen molar-refractivity contribution in [2.45, 2.75) is 17.2 Å². The maximum Gasteiger partial charge on any atom is 0.121 e. The van der Waals surface area contributed by atoms with Crippen molar-refractivity contribution in [2.24, 2.45) is 0 Å². The summed E-state index contributed by atoms with van der Waals surface area (Å²) in [6.45, 7) is 2.00. The van der Waals surface area contributed by atoms with Crippen LogP contribution in [0, 0.1) is 0 Å². The Hall–Kier alpha value is -0.940. The lowest BCUT2D eigenvalue weighted by Gasteiger charge is -2.09. The Morgan fingerprint density at radius 3 is 2.92 bits per heavy atom. The molecule has 0 aromatic carbocycles. The number of anilines is 2. The van der Waals surface area contributed by atoms with Gasteiger partial charge in [-0.05, 0) is 6.07 Å². The molecule has 0 fully saturated rings. The van der Waals surface area contributed by atoms with Gasteiger partial charge in [0.15, 0.2) is 0 Å². The second-order valence-electron chi connectivity index (χ2n) is 2.73. The smallest absolute Gasteiger partial charge is 0.121 e. The molecule has 0 radical (unpaired) electrons. The first-order valence-electron chi connectivity index (χ1n) is 3.92. The minimum absolute atomic E-state index is 0.0802. The Morgan fingerprint density at radius 1 is 1.62 bits per heavy atom. The molecular formula is C8H13N3OS. The SMILES string of the molecule is CC(CO)Sc1nccc(N)c1N. The number of nitrogens with zero attached hydrogens (tertiary/aromatic N) is 1. The van der Waals surface area contributed by atoms with Crippen LogP contribution in [0.3, 0.4) is 0 Å². The molecule has 4 nitrogen and oxygen atoms in total. The average Bonchev–Trinajstić information content (AvgIpc) is 2.13. The second-order valence-corrected chi connectivity index (χ2v) is 4.16. The predicted molar refractivity (Wildman–Crippen MR) is 55.5 cm³/mol. The molecule has 0 saturated heterocycles. The molecule has 5 heteroatoms. The highest BCUT2D eigenvalue weighted by Crippen LogP contribution is 2.29. The molecule has 72 valence electrons. The minimum Gasteiger partial charge on any atom is -0.397 e. The Morgan fingerprint density at radius 2 is 2.31 bits per heavy atom. The van der Waals surface area contributed by atoms with E-state index in [1.165, 1.54) is 11.8 Å². The number of nitrogen functional groups attached to an aromatic ring is 2. The standard InChI is InChI=1S/C8H13N3OS/c1-5(4-12)13-8-7(10)6(9)2-3-11-8/h2-3,5,12H,4,10H2,1H3,(H2,9,11). The van der Waals surface area contributed by atoms with Gasteiger partial charge in [0.2, 0.25) is 0 Å². The first-order chi connectivity index (χ1) is 6.15. The molecule has 1 rings (SSSR count). The maximum absolute atomic E-state index is 8.84. The molecule has 5 N–H and O–H groups in total. The third-order valence-corrected chi connectivity index (χ3v) is 2.66. The molecular weight excluding hydrogens is 186 g/mol. The molecule has 1 aromatic rings.